The molecule has 17 heavy (non-hydrogen) atoms. The zero-order valence-electron chi connectivity index (χ0n) is 10.6. The van der Waals surface area contributed by atoms with Gasteiger partial charge in [0.05, 0.1) is 6.54 Å². The first-order valence-corrected chi connectivity index (χ1v) is 5.96. The van der Waals surface area contributed by atoms with Gasteiger partial charge in [-0.25, -0.2) is 4.68 Å². The van der Waals surface area contributed by atoms with Crippen LogP contribution in [-0.4, -0.2) is 9.78 Å². The third-order valence-electron chi connectivity index (χ3n) is 3.20. The van der Waals surface area contributed by atoms with E-state index in [-0.39, 0.29) is 5.56 Å². The summed E-state index contributed by atoms with van der Waals surface area (Å²) in [5.41, 5.74) is 4.36. The lowest BCUT2D eigenvalue weighted by Gasteiger charge is -2.05. The number of H-pyrrole nitrogens is 1. The fourth-order valence-corrected chi connectivity index (χ4v) is 2.13. The van der Waals surface area contributed by atoms with Gasteiger partial charge in [-0.15, -0.1) is 0 Å². The molecule has 0 bridgehead atoms. The van der Waals surface area contributed by atoms with Crippen LogP contribution in [0.2, 0.25) is 0 Å². The molecule has 0 amide bonds. The molecule has 3 nitrogen and oxygen atoms in total. The molecule has 0 aliphatic rings. The highest BCUT2D eigenvalue weighted by atomic mass is 16.1. The number of aromatic nitrogens is 2. The monoisotopic (exact) mass is 230 g/mol. The molecule has 1 heterocycles. The summed E-state index contributed by atoms with van der Waals surface area (Å²) in [5, 5.41) is 3.14. The Labute approximate surface area is 101 Å². The molecule has 3 heteroatoms. The van der Waals surface area contributed by atoms with Crippen LogP contribution < -0.4 is 5.56 Å². The molecule has 1 aromatic heterocycles. The molecule has 0 radical (unpaired) electrons. The molecular weight excluding hydrogens is 212 g/mol. The fraction of sp³-hybridized carbons (Fsp3) is 0.357. The van der Waals surface area contributed by atoms with Crippen molar-refractivity contribution in [1.82, 2.24) is 9.78 Å². The van der Waals surface area contributed by atoms with Gasteiger partial charge in [0.2, 0.25) is 0 Å². The zero-order valence-corrected chi connectivity index (χ0v) is 10.6. The summed E-state index contributed by atoms with van der Waals surface area (Å²) in [7, 11) is 0. The molecule has 0 saturated carbocycles. The fourth-order valence-electron chi connectivity index (χ4n) is 2.13. The van der Waals surface area contributed by atoms with Crippen molar-refractivity contribution in [3.8, 4) is 0 Å². The van der Waals surface area contributed by atoms with E-state index in [1.165, 1.54) is 11.1 Å². The number of hydrogen-bond donors (Lipinski definition) is 1. The van der Waals surface area contributed by atoms with E-state index in [9.17, 15) is 4.79 Å². The van der Waals surface area contributed by atoms with Crippen molar-refractivity contribution in [2.75, 3.05) is 0 Å². The first kappa shape index (κ1) is 11.7. The lowest BCUT2D eigenvalue weighted by molar-refractivity contribution is 0.654. The van der Waals surface area contributed by atoms with E-state index in [1.54, 1.807) is 4.68 Å². The Hall–Kier alpha value is -1.77. The smallest absolute Gasteiger partial charge is 0.270 e. The Morgan fingerprint density at radius 3 is 2.53 bits per heavy atom. The van der Waals surface area contributed by atoms with E-state index in [0.717, 1.165) is 17.7 Å². The summed E-state index contributed by atoms with van der Waals surface area (Å²) in [6.07, 6.45) is 0.780. The molecule has 2 rings (SSSR count). The maximum absolute atomic E-state index is 12.1. The van der Waals surface area contributed by atoms with E-state index in [4.69, 9.17) is 0 Å². The van der Waals surface area contributed by atoms with Crippen molar-refractivity contribution >= 4 is 0 Å². The summed E-state index contributed by atoms with van der Waals surface area (Å²) in [5.74, 6) is 0. The molecule has 0 unspecified atom stereocenters. The average molecular weight is 230 g/mol. The number of benzene rings is 1. The average Bonchev–Trinajstić information content (AvgIpc) is 2.57. The topological polar surface area (TPSA) is 37.8 Å². The van der Waals surface area contributed by atoms with E-state index in [2.05, 4.69) is 24.2 Å². The van der Waals surface area contributed by atoms with Crippen LogP contribution in [0.4, 0.5) is 0 Å². The van der Waals surface area contributed by atoms with Gasteiger partial charge in [0.1, 0.15) is 0 Å². The number of nitrogens with one attached hydrogen (secondary N) is 1. The van der Waals surface area contributed by atoms with Crippen LogP contribution in [0.15, 0.2) is 29.1 Å². The van der Waals surface area contributed by atoms with E-state index in [0.29, 0.717) is 6.54 Å². The van der Waals surface area contributed by atoms with Gasteiger partial charge < -0.3 is 0 Å². The summed E-state index contributed by atoms with van der Waals surface area (Å²) >= 11 is 0. The van der Waals surface area contributed by atoms with Crippen LogP contribution in [0, 0.1) is 13.8 Å². The Morgan fingerprint density at radius 1 is 1.24 bits per heavy atom. The van der Waals surface area contributed by atoms with Crippen molar-refractivity contribution in [3.05, 3.63) is 57.0 Å². The predicted octanol–water partition coefficient (Wildman–Crippen LogP) is 2.40. The van der Waals surface area contributed by atoms with Gasteiger partial charge in [0, 0.05) is 11.3 Å². The van der Waals surface area contributed by atoms with Gasteiger partial charge in [-0.3, -0.25) is 9.89 Å². The number of hydrogen-bond acceptors (Lipinski definition) is 1. The van der Waals surface area contributed by atoms with Crippen LogP contribution >= 0.6 is 0 Å². The largest absolute Gasteiger partial charge is 0.299 e. The van der Waals surface area contributed by atoms with Crippen LogP contribution in [0.25, 0.3) is 0 Å². The molecular formula is C14H18N2O. The molecule has 0 atom stereocenters. The zero-order chi connectivity index (χ0) is 12.4. The Balaban J connectivity index is 2.38. The lowest BCUT2D eigenvalue weighted by Crippen LogP contribution is -2.19. The number of nitrogens with zero attached hydrogens (tertiary/aromatic N) is 1. The highest BCUT2D eigenvalue weighted by Crippen LogP contribution is 2.09. The molecule has 90 valence electrons. The Kier molecular flexibility index (Phi) is 3.18. The van der Waals surface area contributed by atoms with Crippen molar-refractivity contribution in [3.63, 3.8) is 0 Å². The van der Waals surface area contributed by atoms with Crippen LogP contribution in [0.5, 0.6) is 0 Å². The van der Waals surface area contributed by atoms with Crippen LogP contribution in [-0.2, 0) is 13.0 Å². The number of aryl methyl sites for hydroxylation is 2. The van der Waals surface area contributed by atoms with E-state index < -0.39 is 0 Å². The van der Waals surface area contributed by atoms with Crippen molar-refractivity contribution in [1.29, 1.82) is 0 Å². The number of aromatic amines is 1. The summed E-state index contributed by atoms with van der Waals surface area (Å²) in [6, 6.07) is 8.14. The lowest BCUT2D eigenvalue weighted by atomic mass is 10.1. The molecule has 0 spiro atoms. The summed E-state index contributed by atoms with van der Waals surface area (Å²) in [6.45, 7) is 6.65. The molecule has 0 saturated heterocycles. The van der Waals surface area contributed by atoms with Gasteiger partial charge in [-0.2, -0.15) is 0 Å². The summed E-state index contributed by atoms with van der Waals surface area (Å²) in [4.78, 5) is 12.1. The number of rotatable bonds is 3. The second-order valence-electron chi connectivity index (χ2n) is 4.39. The second kappa shape index (κ2) is 4.62. The molecule has 0 fully saturated rings. The second-order valence-corrected chi connectivity index (χ2v) is 4.39. The minimum absolute atomic E-state index is 0.105. The van der Waals surface area contributed by atoms with E-state index in [1.807, 2.05) is 26.0 Å². The minimum atomic E-state index is 0.105. The first-order valence-electron chi connectivity index (χ1n) is 5.96. The van der Waals surface area contributed by atoms with Crippen LogP contribution in [0.1, 0.15) is 29.3 Å². The van der Waals surface area contributed by atoms with Crippen molar-refractivity contribution < 1.29 is 0 Å². The predicted molar refractivity (Wildman–Crippen MR) is 69.4 cm³/mol. The molecule has 1 N–H and O–H groups in total. The molecule has 0 aliphatic carbocycles. The maximum atomic E-state index is 12.1. The van der Waals surface area contributed by atoms with Gasteiger partial charge in [-0.05, 0) is 31.4 Å². The van der Waals surface area contributed by atoms with Gasteiger partial charge in [0.15, 0.2) is 0 Å². The standard InChI is InChI=1S/C14H18N2O/c1-4-13-11(3)15-16(14(13)17)9-12-8-6-5-7-10(12)2/h5-8,15H,4,9H2,1-3H3. The first-order chi connectivity index (χ1) is 8.13. The third-order valence-corrected chi connectivity index (χ3v) is 3.20. The maximum Gasteiger partial charge on any atom is 0.270 e. The molecule has 2 aromatic rings. The summed E-state index contributed by atoms with van der Waals surface area (Å²) < 4.78 is 1.69. The van der Waals surface area contributed by atoms with Crippen LogP contribution in [0.3, 0.4) is 0 Å². The van der Waals surface area contributed by atoms with Crippen molar-refractivity contribution in [2.45, 2.75) is 33.7 Å². The van der Waals surface area contributed by atoms with E-state index >= 15 is 0 Å². The highest BCUT2D eigenvalue weighted by molar-refractivity contribution is 5.26. The SMILES string of the molecule is CCc1c(C)[nH]n(Cc2ccccc2C)c1=O. The van der Waals surface area contributed by atoms with Gasteiger partial charge in [0.25, 0.3) is 5.56 Å². The highest BCUT2D eigenvalue weighted by Gasteiger charge is 2.09. The van der Waals surface area contributed by atoms with Gasteiger partial charge >= 0.3 is 0 Å². The quantitative estimate of drug-likeness (QED) is 0.863. The Bertz CT molecular complexity index is 578. The normalized spacial score (nSPS) is 10.8. The minimum Gasteiger partial charge on any atom is -0.299 e. The third kappa shape index (κ3) is 2.18. The van der Waals surface area contributed by atoms with Gasteiger partial charge in [-0.1, -0.05) is 31.2 Å². The molecule has 1 aromatic carbocycles. The molecule has 0 aliphatic heterocycles. The Morgan fingerprint density at radius 2 is 1.94 bits per heavy atom. The van der Waals surface area contributed by atoms with Crippen molar-refractivity contribution in [2.24, 2.45) is 0 Å².